The van der Waals surface area contributed by atoms with Crippen LogP contribution in [0, 0.1) is 17.8 Å². The van der Waals surface area contributed by atoms with E-state index in [0.29, 0.717) is 28.0 Å². The van der Waals surface area contributed by atoms with Crippen LogP contribution in [0.4, 0.5) is 0 Å². The summed E-state index contributed by atoms with van der Waals surface area (Å²) in [6.45, 7) is 9.48. The lowest BCUT2D eigenvalue weighted by Crippen LogP contribution is -2.39. The molecule has 6 nitrogen and oxygen atoms in total. The van der Waals surface area contributed by atoms with E-state index in [1.165, 1.54) is 6.08 Å². The second-order valence-electron chi connectivity index (χ2n) is 10.7. The molecule has 2 bridgehead atoms. The van der Waals surface area contributed by atoms with Gasteiger partial charge < -0.3 is 9.64 Å². The van der Waals surface area contributed by atoms with Crippen molar-refractivity contribution in [2.45, 2.75) is 59.5 Å². The molecule has 0 unspecified atom stereocenters. The number of likely N-dealkylation sites (tertiary alicyclic amines) is 1. The van der Waals surface area contributed by atoms with E-state index in [2.05, 4.69) is 25.9 Å². The van der Waals surface area contributed by atoms with E-state index < -0.39 is 5.97 Å². The molecular formula is C26H31Cl2N3O3. The number of rotatable bonds is 6. The van der Waals surface area contributed by atoms with Crippen LogP contribution >= 0.6 is 23.2 Å². The molecule has 0 N–H and O–H groups in total. The Morgan fingerprint density at radius 1 is 1.21 bits per heavy atom. The van der Waals surface area contributed by atoms with Gasteiger partial charge in [-0.1, -0.05) is 62.2 Å². The van der Waals surface area contributed by atoms with Gasteiger partial charge >= 0.3 is 5.97 Å². The van der Waals surface area contributed by atoms with Crippen molar-refractivity contribution in [1.29, 1.82) is 0 Å². The summed E-state index contributed by atoms with van der Waals surface area (Å²) >= 11 is 12.8. The Labute approximate surface area is 210 Å². The van der Waals surface area contributed by atoms with E-state index in [1.54, 1.807) is 10.8 Å². The molecule has 34 heavy (non-hydrogen) atoms. The van der Waals surface area contributed by atoms with Crippen molar-refractivity contribution in [2.75, 3.05) is 13.2 Å². The first-order valence-corrected chi connectivity index (χ1v) is 12.3. The van der Waals surface area contributed by atoms with Gasteiger partial charge in [0.1, 0.15) is 5.15 Å². The molecule has 1 amide bonds. The van der Waals surface area contributed by atoms with Crippen molar-refractivity contribution < 1.29 is 14.3 Å². The number of ether oxygens (including phenoxy) is 1. The number of aryl methyl sites for hydroxylation is 1. The van der Waals surface area contributed by atoms with Crippen LogP contribution in [0.1, 0.15) is 56.9 Å². The van der Waals surface area contributed by atoms with Crippen molar-refractivity contribution in [2.24, 2.45) is 10.8 Å². The van der Waals surface area contributed by atoms with Crippen LogP contribution in [-0.2, 0) is 20.9 Å². The van der Waals surface area contributed by atoms with Gasteiger partial charge in [-0.3, -0.25) is 4.79 Å². The number of hydrogen-bond donors (Lipinski definition) is 0. The lowest BCUT2D eigenvalue weighted by atomic mass is 9.65. The third-order valence-electron chi connectivity index (χ3n) is 6.85. The standard InChI is InChI=1S/C26H31Cl2N3O3/c1-17-20(24(28)31(29-17)13-18-7-5-6-8-21(18)27)9-10-23(33)34-14-22(32)30-16-26(4)12-19(30)11-25(2,3)15-26/h5-10,19H,11-16H2,1-4H3/b10-9+/t19-,26+/m0/s1. The smallest absolute Gasteiger partial charge is 0.331 e. The Kier molecular flexibility index (Phi) is 6.85. The zero-order chi connectivity index (χ0) is 24.7. The van der Waals surface area contributed by atoms with Gasteiger partial charge in [-0.05, 0) is 54.7 Å². The van der Waals surface area contributed by atoms with E-state index in [1.807, 2.05) is 36.1 Å². The number of nitrogens with zero attached hydrogens (tertiary/aromatic N) is 3. The number of aromatic nitrogens is 2. The molecule has 4 rings (SSSR count). The predicted molar refractivity (Wildman–Crippen MR) is 134 cm³/mol. The second-order valence-corrected chi connectivity index (χ2v) is 11.5. The number of hydrogen-bond acceptors (Lipinski definition) is 4. The molecule has 182 valence electrons. The number of halogens is 2. The molecule has 2 heterocycles. The Morgan fingerprint density at radius 3 is 2.68 bits per heavy atom. The van der Waals surface area contributed by atoms with Gasteiger partial charge in [0, 0.05) is 29.2 Å². The van der Waals surface area contributed by atoms with Crippen molar-refractivity contribution in [3.63, 3.8) is 0 Å². The quantitative estimate of drug-likeness (QED) is 0.383. The SMILES string of the molecule is Cc1nn(Cc2ccccc2Cl)c(Cl)c1/C=C/C(=O)OCC(=O)N1C[C@]2(C)C[C@@H]1CC(C)(C)C2. The van der Waals surface area contributed by atoms with Crippen molar-refractivity contribution >= 4 is 41.2 Å². The molecule has 8 heteroatoms. The lowest BCUT2D eigenvalue weighted by Gasteiger charge is -2.39. The Balaban J connectivity index is 1.35. The van der Waals surface area contributed by atoms with E-state index >= 15 is 0 Å². The molecular weight excluding hydrogens is 473 g/mol. The van der Waals surface area contributed by atoms with Crippen LogP contribution in [-0.4, -0.2) is 45.8 Å². The van der Waals surface area contributed by atoms with Gasteiger partial charge in [-0.25, -0.2) is 9.48 Å². The largest absolute Gasteiger partial charge is 0.452 e. The first-order valence-electron chi connectivity index (χ1n) is 11.6. The third-order valence-corrected chi connectivity index (χ3v) is 7.61. The topological polar surface area (TPSA) is 64.4 Å². The van der Waals surface area contributed by atoms with Crippen LogP contribution in [0.15, 0.2) is 30.3 Å². The number of benzene rings is 1. The summed E-state index contributed by atoms with van der Waals surface area (Å²) in [7, 11) is 0. The predicted octanol–water partition coefficient (Wildman–Crippen LogP) is 5.53. The van der Waals surface area contributed by atoms with Crippen molar-refractivity contribution in [3.05, 3.63) is 57.3 Å². The van der Waals surface area contributed by atoms with Gasteiger partial charge in [0.15, 0.2) is 6.61 Å². The minimum absolute atomic E-state index is 0.130. The van der Waals surface area contributed by atoms with Crippen LogP contribution < -0.4 is 0 Å². The zero-order valence-electron chi connectivity index (χ0n) is 20.1. The molecule has 1 saturated heterocycles. The first kappa shape index (κ1) is 24.8. The average molecular weight is 504 g/mol. The summed E-state index contributed by atoms with van der Waals surface area (Å²) in [5.74, 6) is -0.716. The molecule has 2 atom stereocenters. The summed E-state index contributed by atoms with van der Waals surface area (Å²) in [6.07, 6.45) is 5.97. The Bertz CT molecular complexity index is 1140. The molecule has 1 aliphatic carbocycles. The third kappa shape index (κ3) is 5.33. The summed E-state index contributed by atoms with van der Waals surface area (Å²) in [5.41, 5.74) is 2.56. The van der Waals surface area contributed by atoms with Crippen molar-refractivity contribution in [1.82, 2.24) is 14.7 Å². The summed E-state index contributed by atoms with van der Waals surface area (Å²) in [5, 5.41) is 5.50. The van der Waals surface area contributed by atoms with Gasteiger partial charge in [-0.2, -0.15) is 5.10 Å². The highest BCUT2D eigenvalue weighted by molar-refractivity contribution is 6.32. The molecule has 2 aromatic rings. The van der Waals surface area contributed by atoms with Crippen LogP contribution in [0.3, 0.4) is 0 Å². The lowest BCUT2D eigenvalue weighted by molar-refractivity contribution is -0.148. The summed E-state index contributed by atoms with van der Waals surface area (Å²) in [6, 6.07) is 7.72. The molecule has 2 fully saturated rings. The fraction of sp³-hybridized carbons (Fsp3) is 0.500. The van der Waals surface area contributed by atoms with Crippen molar-refractivity contribution in [3.8, 4) is 0 Å². The first-order chi connectivity index (χ1) is 16.0. The van der Waals surface area contributed by atoms with E-state index in [-0.39, 0.29) is 29.4 Å². The Morgan fingerprint density at radius 2 is 1.94 bits per heavy atom. The number of carbonyl (C=O) groups excluding carboxylic acids is 2. The minimum atomic E-state index is -0.587. The molecule has 1 aliphatic heterocycles. The van der Waals surface area contributed by atoms with Crippen LogP contribution in [0.5, 0.6) is 0 Å². The normalized spacial score (nSPS) is 23.5. The van der Waals surface area contributed by atoms with E-state index in [9.17, 15) is 9.59 Å². The molecule has 1 aromatic carbocycles. The molecule has 0 radical (unpaired) electrons. The van der Waals surface area contributed by atoms with Gasteiger partial charge in [0.25, 0.3) is 5.91 Å². The fourth-order valence-corrected chi connectivity index (χ4v) is 6.31. The maximum Gasteiger partial charge on any atom is 0.331 e. The highest BCUT2D eigenvalue weighted by Crippen LogP contribution is 2.52. The van der Waals surface area contributed by atoms with Gasteiger partial charge in [0.2, 0.25) is 0 Å². The summed E-state index contributed by atoms with van der Waals surface area (Å²) in [4.78, 5) is 27.0. The highest BCUT2D eigenvalue weighted by Gasteiger charge is 2.50. The Hall–Kier alpha value is -2.31. The number of fused-ring (bicyclic) bond motifs is 2. The highest BCUT2D eigenvalue weighted by atomic mass is 35.5. The van der Waals surface area contributed by atoms with Crippen LogP contribution in [0.2, 0.25) is 10.2 Å². The van der Waals surface area contributed by atoms with E-state index in [0.717, 1.165) is 31.4 Å². The average Bonchev–Trinajstić information content (AvgIpc) is 3.16. The molecule has 1 saturated carbocycles. The number of amides is 1. The maximum atomic E-state index is 12.8. The van der Waals surface area contributed by atoms with Gasteiger partial charge in [0.05, 0.1) is 12.2 Å². The van der Waals surface area contributed by atoms with Gasteiger partial charge in [-0.15, -0.1) is 0 Å². The van der Waals surface area contributed by atoms with Crippen LogP contribution in [0.25, 0.3) is 6.08 Å². The summed E-state index contributed by atoms with van der Waals surface area (Å²) < 4.78 is 6.90. The molecule has 0 spiro atoms. The minimum Gasteiger partial charge on any atom is -0.452 e. The fourth-order valence-electron chi connectivity index (χ4n) is 5.82. The monoisotopic (exact) mass is 503 g/mol. The number of carbonyl (C=O) groups is 2. The zero-order valence-corrected chi connectivity index (χ0v) is 21.6. The second kappa shape index (κ2) is 9.38. The number of esters is 1. The maximum absolute atomic E-state index is 12.8. The molecule has 2 aliphatic rings. The van der Waals surface area contributed by atoms with E-state index in [4.69, 9.17) is 27.9 Å². The molecule has 1 aromatic heterocycles.